The highest BCUT2D eigenvalue weighted by Gasteiger charge is 2.10. The highest BCUT2D eigenvalue weighted by molar-refractivity contribution is 4.62. The van der Waals surface area contributed by atoms with Gasteiger partial charge in [0.1, 0.15) is 0 Å². The summed E-state index contributed by atoms with van der Waals surface area (Å²) in [5.74, 6) is 6.34. The molecule has 684 valence electrons. The molecule has 0 unspecified atom stereocenters. The van der Waals surface area contributed by atoms with Crippen molar-refractivity contribution in [1.29, 1.82) is 0 Å². The first-order chi connectivity index (χ1) is 33.4. The van der Waals surface area contributed by atoms with E-state index in [1.807, 2.05) is 0 Å². The van der Waals surface area contributed by atoms with Crippen molar-refractivity contribution in [1.82, 2.24) is 0 Å². The molecule has 0 heterocycles. The van der Waals surface area contributed by atoms with E-state index < -0.39 is 0 Å². The zero-order chi connectivity index (χ0) is 64.1. The fourth-order valence-electron chi connectivity index (χ4n) is 1.12. The monoisotopic (exact) mass is 1490 g/mol. The van der Waals surface area contributed by atoms with Crippen LogP contribution in [0.15, 0.2) is 0 Å². The highest BCUT2D eigenvalue weighted by atomic mass is 14.2. The lowest BCUT2D eigenvalue weighted by atomic mass is 9.88. The third-order valence-electron chi connectivity index (χ3n) is 14.7. The van der Waals surface area contributed by atoms with Crippen LogP contribution in [0.5, 0.6) is 0 Å². The number of rotatable bonds is 12. The van der Waals surface area contributed by atoms with Gasteiger partial charge in [-0.25, -0.2) is 0 Å². The lowest BCUT2D eigenvalue weighted by Gasteiger charge is -2.18. The van der Waals surface area contributed by atoms with Crippen LogP contribution >= 0.6 is 0 Å². The number of hydrogen-bond donors (Lipinski definition) is 0. The van der Waals surface area contributed by atoms with Gasteiger partial charge in [0, 0.05) is 0 Å². The summed E-state index contributed by atoms with van der Waals surface area (Å²) in [7, 11) is 0. The minimum absolute atomic E-state index is 0. The predicted molar refractivity (Wildman–Crippen MR) is 548 cm³/mol. The normalized spacial score (nSPS) is 8.08. The summed E-state index contributed by atoms with van der Waals surface area (Å²) in [6.07, 6.45) is 22.1. The SMILES string of the molecule is C.C.C.C.C.C.C.C.C.C.C.C.C.C.C.C.C.C.C.C.C.C.C.C.C.C.CCC(C)(C)C.CCC(C)(C)C.CCC(C)(C)C.CCC(C)(C)C.CCC(C)(C)C.CCC(C)(C)CC.CCC(C)C.CCC(C)C.CCC(C)C.CCC(C)C.CCC(C)CC.CCC(C)CC.CCC(C)CC. The molecule has 0 aliphatic rings. The lowest BCUT2D eigenvalue weighted by molar-refractivity contribution is 0.338. The predicted octanol–water partition coefficient (Wildman–Crippen LogP) is 47.1. The Morgan fingerprint density at radius 2 is 0.198 bits per heavy atom. The van der Waals surface area contributed by atoms with Crippen molar-refractivity contribution in [3.05, 3.63) is 0 Å². The Hall–Kier alpha value is 0. The zero-order valence-electron chi connectivity index (χ0n) is 64.1. The van der Waals surface area contributed by atoms with Crippen LogP contribution in [-0.2, 0) is 0 Å². The van der Waals surface area contributed by atoms with Crippen LogP contribution in [0, 0.1) is 73.9 Å². The Kier molecular flexibility index (Phi) is 466. The van der Waals surface area contributed by atoms with Gasteiger partial charge in [0.2, 0.25) is 0 Å². The van der Waals surface area contributed by atoms with Crippen molar-refractivity contribution >= 4 is 0 Å². The fourth-order valence-corrected chi connectivity index (χ4v) is 1.12. The molecule has 0 rings (SSSR count). The minimum atomic E-state index is 0. The van der Waals surface area contributed by atoms with E-state index in [9.17, 15) is 0 Å². The molecule has 0 saturated carbocycles. The van der Waals surface area contributed by atoms with Crippen LogP contribution in [0.4, 0.5) is 0 Å². The smallest absolute Gasteiger partial charge is 0.0359 e. The van der Waals surface area contributed by atoms with Crippen molar-refractivity contribution < 1.29 is 0 Å². The van der Waals surface area contributed by atoms with Gasteiger partial charge in [-0.2, -0.15) is 0 Å². The molecule has 0 spiro atoms. The average Bonchev–Trinajstić information content (AvgIpc) is 3.34. The summed E-state index contributed by atoms with van der Waals surface area (Å²) in [6, 6.07) is 0. The van der Waals surface area contributed by atoms with Crippen molar-refractivity contribution in [2.45, 2.75) is 614 Å². The van der Waals surface area contributed by atoms with E-state index in [0.717, 1.165) is 41.4 Å². The standard InChI is InChI=1S/C7H16.8C6H14.4C5H12.26CH4/c1-5-7(3,4)6-2;5*1-5-6(2,3)4;3*1-4-6(3)5-2;4*1-4-5(2)3;;;;;;;;;;;;;;;;;;;;;;;;;;/h5-6H2,1-4H3;5*5H2,1-4H3;3*6H,4-5H2,1-3H3;4*5H,4H2,1-3H3;26*1H4. The second-order valence-electron chi connectivity index (χ2n) is 30.4. The Bertz CT molecular complexity index is 704. The van der Waals surface area contributed by atoms with Gasteiger partial charge in [0.15, 0.2) is 0 Å². The highest BCUT2D eigenvalue weighted by Crippen LogP contribution is 2.23. The zero-order valence-corrected chi connectivity index (χ0v) is 64.1. The third-order valence-corrected chi connectivity index (χ3v) is 14.7. The first-order valence-corrected chi connectivity index (χ1v) is 33.4. The van der Waals surface area contributed by atoms with E-state index in [2.05, 4.69) is 312 Å². The van der Waals surface area contributed by atoms with Gasteiger partial charge in [-0.3, -0.25) is 0 Å². The van der Waals surface area contributed by atoms with Crippen LogP contribution in [0.25, 0.3) is 0 Å². The van der Waals surface area contributed by atoms with Gasteiger partial charge in [-0.15, -0.1) is 0 Å². The van der Waals surface area contributed by atoms with Crippen LogP contribution in [0.1, 0.15) is 614 Å². The van der Waals surface area contributed by atoms with Gasteiger partial charge in [0.25, 0.3) is 0 Å². The first-order valence-electron chi connectivity index (χ1n) is 33.4. The van der Waals surface area contributed by atoms with Gasteiger partial charge >= 0.3 is 0 Å². The van der Waals surface area contributed by atoms with E-state index >= 15 is 0 Å². The van der Waals surface area contributed by atoms with Crippen molar-refractivity contribution in [3.63, 3.8) is 0 Å². The number of hydrogen-bond acceptors (Lipinski definition) is 0. The van der Waals surface area contributed by atoms with Crippen molar-refractivity contribution in [2.24, 2.45) is 73.9 Å². The Labute approximate surface area is 683 Å². The van der Waals surface area contributed by atoms with Crippen molar-refractivity contribution in [2.75, 3.05) is 0 Å². The minimum Gasteiger partial charge on any atom is -0.0776 e. The van der Waals surface area contributed by atoms with E-state index in [-0.39, 0.29) is 193 Å². The topological polar surface area (TPSA) is 0 Å². The fraction of sp³-hybridized carbons (Fsp3) is 1.00. The maximum atomic E-state index is 2.30. The largest absolute Gasteiger partial charge is 0.0776 e. The summed E-state index contributed by atoms with van der Waals surface area (Å²) >= 11 is 0. The van der Waals surface area contributed by atoms with E-state index in [1.54, 1.807) is 0 Å². The summed E-state index contributed by atoms with van der Waals surface area (Å²) in [6.45, 7) is 101. The molecule has 0 aromatic rings. The maximum absolute atomic E-state index is 2.30. The van der Waals surface area contributed by atoms with Crippen LogP contribution in [-0.4, -0.2) is 0 Å². The molecule has 0 bridgehead atoms. The molecule has 0 aromatic heterocycles. The van der Waals surface area contributed by atoms with Crippen LogP contribution in [0.2, 0.25) is 0 Å². The van der Waals surface area contributed by atoms with Gasteiger partial charge < -0.3 is 0 Å². The molecule has 0 N–H and O–H groups in total. The molecular formula is C101H280. The molecule has 0 amide bonds. The van der Waals surface area contributed by atoms with E-state index in [4.69, 9.17) is 0 Å². The van der Waals surface area contributed by atoms with E-state index in [1.165, 1.54) is 109 Å². The molecule has 101 heavy (non-hydrogen) atoms. The first kappa shape index (κ1) is 263. The molecule has 0 heteroatoms. The maximum Gasteiger partial charge on any atom is -0.0359 e. The molecule has 0 saturated heterocycles. The third kappa shape index (κ3) is 571. The van der Waals surface area contributed by atoms with Gasteiger partial charge in [-0.05, 0) is 73.9 Å². The van der Waals surface area contributed by atoms with Crippen LogP contribution in [0.3, 0.4) is 0 Å². The summed E-state index contributed by atoms with van der Waals surface area (Å²) < 4.78 is 0. The molecule has 0 nitrogen and oxygen atoms in total. The molecule has 0 fully saturated rings. The Morgan fingerprint density at radius 1 is 0.139 bits per heavy atom. The average molecular weight is 1500 g/mol. The molecule has 0 aromatic carbocycles. The molecule has 0 radical (unpaired) electrons. The summed E-state index contributed by atoms with van der Waals surface area (Å²) in [4.78, 5) is 0. The lowest BCUT2D eigenvalue weighted by Crippen LogP contribution is -2.05. The molecule has 0 aliphatic heterocycles. The Balaban J connectivity index is -0.0000000109. The molecule has 0 atom stereocenters. The van der Waals surface area contributed by atoms with Gasteiger partial charge in [0.05, 0.1) is 0 Å². The summed E-state index contributed by atoms with van der Waals surface area (Å²) in [5.41, 5.74) is 3.29. The second-order valence-corrected chi connectivity index (χ2v) is 30.4. The molecule has 0 aliphatic carbocycles. The van der Waals surface area contributed by atoms with Crippen molar-refractivity contribution in [3.8, 4) is 0 Å². The van der Waals surface area contributed by atoms with Crippen LogP contribution < -0.4 is 0 Å². The van der Waals surface area contributed by atoms with E-state index in [0.29, 0.717) is 32.5 Å². The molecular weight excluding hydrogens is 1210 g/mol. The quantitative estimate of drug-likeness (QED) is 0.183. The van der Waals surface area contributed by atoms with Gasteiger partial charge in [-0.1, -0.05) is 614 Å². The second kappa shape index (κ2) is 179. The summed E-state index contributed by atoms with van der Waals surface area (Å²) in [5, 5.41) is 0. The Morgan fingerprint density at radius 3 is 0.198 bits per heavy atom.